The number of nitrogens with one attached hydrogen (secondary N) is 1. The fourth-order valence-electron chi connectivity index (χ4n) is 4.27. The van der Waals surface area contributed by atoms with Crippen molar-refractivity contribution in [3.63, 3.8) is 0 Å². The Morgan fingerprint density at radius 3 is 2.57 bits per heavy atom. The zero-order chi connectivity index (χ0) is 23.9. The quantitative estimate of drug-likeness (QED) is 0.339. The van der Waals surface area contributed by atoms with Crippen molar-refractivity contribution >= 4 is 22.4 Å². The predicted molar refractivity (Wildman–Crippen MR) is 139 cm³/mol. The van der Waals surface area contributed by atoms with Crippen LogP contribution in [0.3, 0.4) is 0 Å². The molecular formula is C28H30N4O3. The lowest BCUT2D eigenvalue weighted by Crippen LogP contribution is -2.37. The van der Waals surface area contributed by atoms with Gasteiger partial charge in [-0.15, -0.1) is 0 Å². The smallest absolute Gasteiger partial charge is 0.162 e. The zero-order valence-electron chi connectivity index (χ0n) is 19.9. The van der Waals surface area contributed by atoms with Crippen molar-refractivity contribution in [1.29, 1.82) is 0 Å². The molecule has 0 radical (unpaired) electrons. The maximum Gasteiger partial charge on any atom is 0.162 e. The number of rotatable bonds is 9. The Bertz CT molecular complexity index is 1260. The summed E-state index contributed by atoms with van der Waals surface area (Å²) in [5.41, 5.74) is 4.05. The monoisotopic (exact) mass is 470 g/mol. The standard InChI is InChI=1S/C28H30N4O3/c1-33-26-19-25-24(18-27(26)35-14-6-11-32-12-15-34-16-13-32)28(30-20-29-25)31-23-10-5-9-22(17-23)21-7-3-2-4-8-21/h2-5,7-10,17-20H,6,11-16H2,1H3,(H,29,30,31). The van der Waals surface area contributed by atoms with Crippen LogP contribution in [-0.2, 0) is 4.74 Å². The molecule has 0 unspecified atom stereocenters. The fourth-order valence-corrected chi connectivity index (χ4v) is 4.27. The number of aromatic nitrogens is 2. The van der Waals surface area contributed by atoms with E-state index >= 15 is 0 Å². The van der Waals surface area contributed by atoms with Gasteiger partial charge in [0, 0.05) is 36.8 Å². The summed E-state index contributed by atoms with van der Waals surface area (Å²) in [6.07, 6.45) is 2.50. The van der Waals surface area contributed by atoms with Gasteiger partial charge in [0.15, 0.2) is 11.5 Å². The van der Waals surface area contributed by atoms with Gasteiger partial charge in [0.2, 0.25) is 0 Å². The van der Waals surface area contributed by atoms with Crippen LogP contribution >= 0.6 is 0 Å². The Kier molecular flexibility index (Phi) is 7.36. The predicted octanol–water partition coefficient (Wildman–Crippen LogP) is 5.15. The minimum absolute atomic E-state index is 0.606. The lowest BCUT2D eigenvalue weighted by atomic mass is 10.1. The highest BCUT2D eigenvalue weighted by Gasteiger charge is 2.13. The molecule has 180 valence electrons. The Morgan fingerprint density at radius 2 is 1.74 bits per heavy atom. The summed E-state index contributed by atoms with van der Waals surface area (Å²) in [5.74, 6) is 2.08. The number of nitrogens with zero attached hydrogens (tertiary/aromatic N) is 3. The molecule has 0 aliphatic carbocycles. The average molecular weight is 471 g/mol. The molecule has 7 heteroatoms. The highest BCUT2D eigenvalue weighted by molar-refractivity contribution is 5.93. The summed E-state index contributed by atoms with van der Waals surface area (Å²) in [5, 5.41) is 4.34. The second kappa shape index (κ2) is 11.2. The first-order valence-corrected chi connectivity index (χ1v) is 12.0. The van der Waals surface area contributed by atoms with Gasteiger partial charge in [-0.2, -0.15) is 0 Å². The van der Waals surface area contributed by atoms with Gasteiger partial charge in [0.05, 0.1) is 32.4 Å². The van der Waals surface area contributed by atoms with Crippen LogP contribution in [0, 0.1) is 0 Å². The van der Waals surface area contributed by atoms with E-state index in [1.54, 1.807) is 13.4 Å². The van der Waals surface area contributed by atoms with E-state index in [1.807, 2.05) is 42.5 Å². The highest BCUT2D eigenvalue weighted by Crippen LogP contribution is 2.35. The zero-order valence-corrected chi connectivity index (χ0v) is 19.9. The number of hydrogen-bond donors (Lipinski definition) is 1. The second-order valence-electron chi connectivity index (χ2n) is 8.47. The van der Waals surface area contributed by atoms with Gasteiger partial charge in [0.25, 0.3) is 0 Å². The molecule has 0 atom stereocenters. The lowest BCUT2D eigenvalue weighted by Gasteiger charge is -2.26. The Morgan fingerprint density at radius 1 is 0.914 bits per heavy atom. The molecule has 3 aromatic carbocycles. The van der Waals surface area contributed by atoms with Crippen LogP contribution in [0.4, 0.5) is 11.5 Å². The Hall–Kier alpha value is -3.68. The van der Waals surface area contributed by atoms with Crippen molar-refractivity contribution in [2.75, 3.05) is 51.9 Å². The molecule has 1 N–H and O–H groups in total. The normalized spacial score (nSPS) is 14.1. The molecule has 0 bridgehead atoms. The van der Waals surface area contributed by atoms with Gasteiger partial charge in [-0.1, -0.05) is 42.5 Å². The number of morpholine rings is 1. The molecule has 5 rings (SSSR count). The van der Waals surface area contributed by atoms with Crippen LogP contribution in [0.15, 0.2) is 73.1 Å². The highest BCUT2D eigenvalue weighted by atomic mass is 16.5. The van der Waals surface area contributed by atoms with Crippen LogP contribution in [0.1, 0.15) is 6.42 Å². The minimum atomic E-state index is 0.606. The lowest BCUT2D eigenvalue weighted by molar-refractivity contribution is 0.0357. The van der Waals surface area contributed by atoms with E-state index in [4.69, 9.17) is 14.2 Å². The minimum Gasteiger partial charge on any atom is -0.493 e. The van der Waals surface area contributed by atoms with Gasteiger partial charge in [-0.05, 0) is 35.7 Å². The fraction of sp³-hybridized carbons (Fsp3) is 0.286. The van der Waals surface area contributed by atoms with Crippen LogP contribution in [-0.4, -0.2) is 61.4 Å². The third-order valence-corrected chi connectivity index (χ3v) is 6.13. The molecule has 1 aromatic heterocycles. The number of ether oxygens (including phenoxy) is 3. The third kappa shape index (κ3) is 5.70. The number of anilines is 2. The maximum absolute atomic E-state index is 6.14. The van der Waals surface area contributed by atoms with Crippen LogP contribution in [0.2, 0.25) is 0 Å². The molecule has 1 fully saturated rings. The van der Waals surface area contributed by atoms with Gasteiger partial charge < -0.3 is 19.5 Å². The average Bonchev–Trinajstić information content (AvgIpc) is 2.92. The molecule has 2 heterocycles. The number of methoxy groups -OCH3 is 1. The van der Waals surface area contributed by atoms with E-state index in [-0.39, 0.29) is 0 Å². The first kappa shape index (κ1) is 23.1. The molecule has 1 aliphatic rings. The summed E-state index contributed by atoms with van der Waals surface area (Å²) < 4.78 is 17.2. The van der Waals surface area contributed by atoms with Crippen molar-refractivity contribution in [3.05, 3.63) is 73.1 Å². The van der Waals surface area contributed by atoms with Gasteiger partial charge in [-0.25, -0.2) is 9.97 Å². The summed E-state index contributed by atoms with van der Waals surface area (Å²) >= 11 is 0. The van der Waals surface area contributed by atoms with Crippen LogP contribution in [0.25, 0.3) is 22.0 Å². The van der Waals surface area contributed by atoms with Gasteiger partial charge >= 0.3 is 0 Å². The van der Waals surface area contributed by atoms with Crippen LogP contribution in [0.5, 0.6) is 11.5 Å². The van der Waals surface area contributed by atoms with Crippen molar-refractivity contribution in [1.82, 2.24) is 14.9 Å². The molecule has 0 amide bonds. The van der Waals surface area contributed by atoms with Gasteiger partial charge in [0.1, 0.15) is 12.1 Å². The largest absolute Gasteiger partial charge is 0.493 e. The van der Waals surface area contributed by atoms with E-state index in [0.717, 1.165) is 67.2 Å². The summed E-state index contributed by atoms with van der Waals surface area (Å²) in [7, 11) is 1.65. The molecular weight excluding hydrogens is 440 g/mol. The van der Waals surface area contributed by atoms with E-state index in [0.29, 0.717) is 18.1 Å². The molecule has 1 aliphatic heterocycles. The van der Waals surface area contributed by atoms with Crippen molar-refractivity contribution in [2.45, 2.75) is 6.42 Å². The molecule has 1 saturated heterocycles. The van der Waals surface area contributed by atoms with Crippen molar-refractivity contribution in [3.8, 4) is 22.6 Å². The van der Waals surface area contributed by atoms with E-state index in [2.05, 4.69) is 44.5 Å². The first-order valence-electron chi connectivity index (χ1n) is 12.0. The summed E-state index contributed by atoms with van der Waals surface area (Å²) in [6, 6.07) is 22.5. The molecule has 4 aromatic rings. The van der Waals surface area contributed by atoms with E-state index in [1.165, 1.54) is 5.56 Å². The van der Waals surface area contributed by atoms with Crippen LogP contribution < -0.4 is 14.8 Å². The second-order valence-corrected chi connectivity index (χ2v) is 8.47. The molecule has 35 heavy (non-hydrogen) atoms. The maximum atomic E-state index is 6.14. The van der Waals surface area contributed by atoms with Crippen molar-refractivity contribution < 1.29 is 14.2 Å². The van der Waals surface area contributed by atoms with Crippen molar-refractivity contribution in [2.24, 2.45) is 0 Å². The number of hydrogen-bond acceptors (Lipinski definition) is 7. The number of benzene rings is 3. The number of fused-ring (bicyclic) bond motifs is 1. The van der Waals surface area contributed by atoms with E-state index in [9.17, 15) is 0 Å². The topological polar surface area (TPSA) is 68.7 Å². The molecule has 0 spiro atoms. The van der Waals surface area contributed by atoms with E-state index < -0.39 is 0 Å². The SMILES string of the molecule is COc1cc2ncnc(Nc3cccc(-c4ccccc4)c3)c2cc1OCCCN1CCOCC1. The van der Waals surface area contributed by atoms with Gasteiger partial charge in [-0.3, -0.25) is 4.90 Å². The molecule has 7 nitrogen and oxygen atoms in total. The third-order valence-electron chi connectivity index (χ3n) is 6.13. The Labute approximate surface area is 205 Å². The summed E-state index contributed by atoms with van der Waals surface area (Å²) in [6.45, 7) is 5.18. The first-order chi connectivity index (χ1) is 17.3. The summed E-state index contributed by atoms with van der Waals surface area (Å²) in [4.78, 5) is 11.4. The Balaban J connectivity index is 1.34. The molecule has 0 saturated carbocycles.